The minimum absolute atomic E-state index is 0.0172. The molecule has 2 rings (SSSR count). The van der Waals surface area contributed by atoms with Crippen molar-refractivity contribution in [2.24, 2.45) is 5.92 Å². The van der Waals surface area contributed by atoms with E-state index in [2.05, 4.69) is 5.32 Å². The van der Waals surface area contributed by atoms with Gasteiger partial charge < -0.3 is 10.2 Å². The summed E-state index contributed by atoms with van der Waals surface area (Å²) in [6, 6.07) is 4.34. The van der Waals surface area contributed by atoms with Crippen LogP contribution in [0.4, 0.5) is 4.39 Å². The molecule has 4 heteroatoms. The number of amides is 1. The minimum Gasteiger partial charge on any atom is -0.342 e. The summed E-state index contributed by atoms with van der Waals surface area (Å²) in [5.41, 5.74) is 1.29. The van der Waals surface area contributed by atoms with Crippen LogP contribution in [0, 0.1) is 18.7 Å². The first-order valence-electron chi connectivity index (χ1n) is 7.30. The van der Waals surface area contributed by atoms with Crippen LogP contribution in [0.2, 0.25) is 0 Å². The highest BCUT2D eigenvalue weighted by atomic mass is 19.1. The molecule has 1 aromatic carbocycles. The lowest BCUT2D eigenvalue weighted by atomic mass is 9.94. The van der Waals surface area contributed by atoms with E-state index in [4.69, 9.17) is 0 Å². The summed E-state index contributed by atoms with van der Waals surface area (Å²) >= 11 is 0. The van der Waals surface area contributed by atoms with Gasteiger partial charge >= 0.3 is 0 Å². The van der Waals surface area contributed by atoms with Gasteiger partial charge in [-0.15, -0.1) is 0 Å². The van der Waals surface area contributed by atoms with Crippen LogP contribution in [0.25, 0.3) is 0 Å². The highest BCUT2D eigenvalue weighted by molar-refractivity contribution is 5.95. The summed E-state index contributed by atoms with van der Waals surface area (Å²) in [4.78, 5) is 14.1. The van der Waals surface area contributed by atoms with Crippen LogP contribution in [0.1, 0.15) is 35.2 Å². The molecule has 1 N–H and O–H groups in total. The predicted molar refractivity (Wildman–Crippen MR) is 78.3 cm³/mol. The predicted octanol–water partition coefficient (Wildman–Crippen LogP) is 2.60. The monoisotopic (exact) mass is 278 g/mol. The Bertz CT molecular complexity index is 470. The number of carbonyl (C=O) groups is 1. The van der Waals surface area contributed by atoms with Crippen LogP contribution in [0.15, 0.2) is 18.2 Å². The molecule has 1 aromatic rings. The van der Waals surface area contributed by atoms with E-state index in [0.29, 0.717) is 17.0 Å². The Labute approximate surface area is 120 Å². The molecule has 1 fully saturated rings. The van der Waals surface area contributed by atoms with Crippen LogP contribution in [0.3, 0.4) is 0 Å². The molecule has 20 heavy (non-hydrogen) atoms. The van der Waals surface area contributed by atoms with E-state index >= 15 is 0 Å². The van der Waals surface area contributed by atoms with Gasteiger partial charge in [-0.25, -0.2) is 4.39 Å². The Morgan fingerprint density at radius 2 is 2.10 bits per heavy atom. The first kappa shape index (κ1) is 15.0. The fourth-order valence-electron chi connectivity index (χ4n) is 2.72. The number of hydrogen-bond acceptors (Lipinski definition) is 2. The molecule has 0 aliphatic carbocycles. The Hall–Kier alpha value is -1.42. The van der Waals surface area contributed by atoms with Crippen molar-refractivity contribution in [1.29, 1.82) is 0 Å². The maximum absolute atomic E-state index is 13.1. The summed E-state index contributed by atoms with van der Waals surface area (Å²) in [7, 11) is 1.83. The van der Waals surface area contributed by atoms with Gasteiger partial charge in [-0.2, -0.15) is 0 Å². The molecule has 1 aliphatic rings. The molecule has 1 amide bonds. The average Bonchev–Trinajstić information content (AvgIpc) is 2.45. The number of nitrogens with one attached hydrogen (secondary N) is 1. The van der Waals surface area contributed by atoms with Gasteiger partial charge in [0.15, 0.2) is 0 Å². The van der Waals surface area contributed by atoms with E-state index < -0.39 is 0 Å². The first-order valence-corrected chi connectivity index (χ1v) is 7.30. The maximum Gasteiger partial charge on any atom is 0.253 e. The van der Waals surface area contributed by atoms with Crippen LogP contribution in [0.5, 0.6) is 0 Å². The maximum atomic E-state index is 13.1. The number of nitrogens with zero attached hydrogens (tertiary/aromatic N) is 1. The molecule has 3 nitrogen and oxygen atoms in total. The van der Waals surface area contributed by atoms with Crippen molar-refractivity contribution in [2.75, 3.05) is 26.7 Å². The SMILES string of the molecule is Cc1cc(F)ccc1C(=O)N(C)CCC1CCNCC1. The second-order valence-electron chi connectivity index (χ2n) is 5.67. The number of piperidine rings is 1. The van der Waals surface area contributed by atoms with Crippen molar-refractivity contribution >= 4 is 5.91 Å². The van der Waals surface area contributed by atoms with Crippen molar-refractivity contribution in [1.82, 2.24) is 10.2 Å². The van der Waals surface area contributed by atoms with Crippen LogP contribution < -0.4 is 5.32 Å². The van der Waals surface area contributed by atoms with Gasteiger partial charge in [0.1, 0.15) is 5.82 Å². The Morgan fingerprint density at radius 3 is 2.75 bits per heavy atom. The third-order valence-electron chi connectivity index (χ3n) is 4.10. The first-order chi connectivity index (χ1) is 9.58. The van der Waals surface area contributed by atoms with E-state index in [1.165, 1.54) is 25.0 Å². The van der Waals surface area contributed by atoms with Gasteiger partial charge in [0.25, 0.3) is 5.91 Å². The molecule has 0 aromatic heterocycles. The number of halogens is 1. The lowest BCUT2D eigenvalue weighted by molar-refractivity contribution is 0.0783. The van der Waals surface area contributed by atoms with E-state index in [9.17, 15) is 9.18 Å². The zero-order valence-electron chi connectivity index (χ0n) is 12.3. The molecule has 0 spiro atoms. The topological polar surface area (TPSA) is 32.3 Å². The van der Waals surface area contributed by atoms with Crippen LogP contribution in [-0.4, -0.2) is 37.5 Å². The standard InChI is InChI=1S/C16H23FN2O/c1-12-11-14(17)3-4-15(12)16(20)19(2)10-7-13-5-8-18-9-6-13/h3-4,11,13,18H,5-10H2,1-2H3. The minimum atomic E-state index is -0.295. The molecule has 1 saturated heterocycles. The molecular formula is C16H23FN2O. The lowest BCUT2D eigenvalue weighted by Gasteiger charge is -2.25. The molecule has 0 unspecified atom stereocenters. The number of aryl methyl sites for hydroxylation is 1. The third kappa shape index (κ3) is 3.79. The smallest absolute Gasteiger partial charge is 0.253 e. The summed E-state index contributed by atoms with van der Waals surface area (Å²) < 4.78 is 13.1. The lowest BCUT2D eigenvalue weighted by Crippen LogP contribution is -2.32. The van der Waals surface area contributed by atoms with Crippen molar-refractivity contribution in [3.63, 3.8) is 0 Å². The summed E-state index contributed by atoms with van der Waals surface area (Å²) in [5.74, 6) is 0.397. The average molecular weight is 278 g/mol. The molecular weight excluding hydrogens is 255 g/mol. The van der Waals surface area contributed by atoms with Crippen LogP contribution >= 0.6 is 0 Å². The van der Waals surface area contributed by atoms with Gasteiger partial charge in [-0.1, -0.05) is 0 Å². The molecule has 110 valence electrons. The van der Waals surface area contributed by atoms with Gasteiger partial charge in [0.2, 0.25) is 0 Å². The zero-order valence-corrected chi connectivity index (χ0v) is 12.3. The second kappa shape index (κ2) is 6.84. The number of hydrogen-bond donors (Lipinski definition) is 1. The van der Waals surface area contributed by atoms with E-state index in [-0.39, 0.29) is 11.7 Å². The fourth-order valence-corrected chi connectivity index (χ4v) is 2.72. The van der Waals surface area contributed by atoms with Gasteiger partial charge in [-0.3, -0.25) is 4.79 Å². The van der Waals surface area contributed by atoms with Crippen molar-refractivity contribution < 1.29 is 9.18 Å². The highest BCUT2D eigenvalue weighted by Crippen LogP contribution is 2.17. The zero-order chi connectivity index (χ0) is 14.5. The number of benzene rings is 1. The normalized spacial score (nSPS) is 16.1. The number of rotatable bonds is 4. The Morgan fingerprint density at radius 1 is 1.40 bits per heavy atom. The van der Waals surface area contributed by atoms with E-state index in [1.54, 1.807) is 17.9 Å². The molecule has 0 saturated carbocycles. The van der Waals surface area contributed by atoms with E-state index in [1.807, 2.05) is 7.05 Å². The highest BCUT2D eigenvalue weighted by Gasteiger charge is 2.17. The van der Waals surface area contributed by atoms with Gasteiger partial charge in [-0.05, 0) is 69.0 Å². The molecule has 1 aliphatic heterocycles. The van der Waals surface area contributed by atoms with Crippen LogP contribution in [-0.2, 0) is 0 Å². The molecule has 0 radical (unpaired) electrons. The van der Waals surface area contributed by atoms with Gasteiger partial charge in [0, 0.05) is 19.2 Å². The largest absolute Gasteiger partial charge is 0.342 e. The second-order valence-corrected chi connectivity index (χ2v) is 5.67. The summed E-state index contributed by atoms with van der Waals surface area (Å²) in [6.07, 6.45) is 3.43. The quantitative estimate of drug-likeness (QED) is 0.918. The van der Waals surface area contributed by atoms with E-state index in [0.717, 1.165) is 26.1 Å². The van der Waals surface area contributed by atoms with Gasteiger partial charge in [0.05, 0.1) is 0 Å². The fraction of sp³-hybridized carbons (Fsp3) is 0.562. The summed E-state index contributed by atoms with van der Waals surface area (Å²) in [5, 5.41) is 3.35. The number of carbonyl (C=O) groups excluding carboxylic acids is 1. The third-order valence-corrected chi connectivity index (χ3v) is 4.10. The van der Waals surface area contributed by atoms with Crippen molar-refractivity contribution in [2.45, 2.75) is 26.2 Å². The van der Waals surface area contributed by atoms with Crippen molar-refractivity contribution in [3.05, 3.63) is 35.1 Å². The summed E-state index contributed by atoms with van der Waals surface area (Å²) in [6.45, 7) is 4.70. The molecule has 1 heterocycles. The Kier molecular flexibility index (Phi) is 5.12. The molecule has 0 bridgehead atoms. The van der Waals surface area contributed by atoms with Crippen molar-refractivity contribution in [3.8, 4) is 0 Å². The molecule has 0 atom stereocenters. The Balaban J connectivity index is 1.90.